The highest BCUT2D eigenvalue weighted by Gasteiger charge is 2.47. The standard InChI is InChI=1S/C62H39N3S/c1-3-17-46(18-4-1)62(47-19-5-2-6-20-47)55-27-11-9-22-50(55)53-25-14-26-54(58(53)62)61-64-59(43-33-29-40(30-34-43)45-37-38-52-51-23-10-12-28-56(51)66-57(52)39-45)63-60(65-61)44-35-31-42(32-36-44)49-24-13-16-41-15-7-8-21-48(41)49/h1-39H. The van der Waals surface area contributed by atoms with E-state index in [-0.39, 0.29) is 0 Å². The molecule has 3 nitrogen and oxygen atoms in total. The average Bonchev–Trinajstić information content (AvgIpc) is 3.93. The van der Waals surface area contributed by atoms with Crippen molar-refractivity contribution in [2.24, 2.45) is 0 Å². The Balaban J connectivity index is 0.996. The zero-order valence-corrected chi connectivity index (χ0v) is 36.6. The van der Waals surface area contributed by atoms with Gasteiger partial charge in [-0.2, -0.15) is 0 Å². The van der Waals surface area contributed by atoms with Gasteiger partial charge in [-0.05, 0) is 78.5 Å². The molecule has 4 heteroatoms. The fourth-order valence-corrected chi connectivity index (χ4v) is 11.6. The Hall–Kier alpha value is -8.31. The lowest BCUT2D eigenvalue weighted by Gasteiger charge is -2.35. The monoisotopic (exact) mass is 857 g/mol. The van der Waals surface area contributed by atoms with Crippen molar-refractivity contribution in [1.82, 2.24) is 15.0 Å². The van der Waals surface area contributed by atoms with Crippen LogP contribution in [0.1, 0.15) is 22.3 Å². The summed E-state index contributed by atoms with van der Waals surface area (Å²) >= 11 is 1.84. The number of fused-ring (bicyclic) bond motifs is 7. The van der Waals surface area contributed by atoms with Crippen LogP contribution in [0.5, 0.6) is 0 Å². The number of hydrogen-bond donors (Lipinski definition) is 0. The number of nitrogens with zero attached hydrogens (tertiary/aromatic N) is 3. The van der Waals surface area contributed by atoms with Crippen LogP contribution in [0, 0.1) is 0 Å². The summed E-state index contributed by atoms with van der Waals surface area (Å²) in [5.41, 5.74) is 14.0. The summed E-state index contributed by atoms with van der Waals surface area (Å²) in [5.74, 6) is 1.88. The van der Waals surface area contributed by atoms with Crippen molar-refractivity contribution in [2.45, 2.75) is 5.41 Å². The van der Waals surface area contributed by atoms with Gasteiger partial charge in [-0.3, -0.25) is 0 Å². The fourth-order valence-electron chi connectivity index (χ4n) is 10.4. The third kappa shape index (κ3) is 6.07. The maximum atomic E-state index is 5.44. The largest absolute Gasteiger partial charge is 0.208 e. The van der Waals surface area contributed by atoms with E-state index in [1.54, 1.807) is 0 Å². The number of aromatic nitrogens is 3. The van der Waals surface area contributed by atoms with Gasteiger partial charge in [0.05, 0.1) is 5.41 Å². The van der Waals surface area contributed by atoms with E-state index in [1.165, 1.54) is 75.5 Å². The molecule has 1 aliphatic rings. The molecular formula is C62H39N3S. The molecule has 0 radical (unpaired) electrons. The lowest BCUT2D eigenvalue weighted by atomic mass is 9.66. The minimum Gasteiger partial charge on any atom is -0.208 e. The van der Waals surface area contributed by atoms with Gasteiger partial charge in [-0.1, -0.05) is 224 Å². The van der Waals surface area contributed by atoms with Gasteiger partial charge >= 0.3 is 0 Å². The Morgan fingerprint density at radius 2 is 0.803 bits per heavy atom. The van der Waals surface area contributed by atoms with Crippen LogP contribution >= 0.6 is 11.3 Å². The molecule has 1 aliphatic carbocycles. The van der Waals surface area contributed by atoms with E-state index in [0.29, 0.717) is 17.5 Å². The van der Waals surface area contributed by atoms with Gasteiger partial charge in [0.1, 0.15) is 0 Å². The Bertz CT molecular complexity index is 3760. The SMILES string of the molecule is c1ccc(C2(c3ccccc3)c3ccccc3-c3cccc(-c4nc(-c5ccc(-c6ccc7c(c6)sc6ccccc67)cc5)nc(-c5ccc(-c6cccc7ccccc67)cc5)n4)c32)cc1. The van der Waals surface area contributed by atoms with E-state index in [9.17, 15) is 0 Å². The van der Waals surface area contributed by atoms with Gasteiger partial charge in [-0.15, -0.1) is 11.3 Å². The zero-order valence-electron chi connectivity index (χ0n) is 35.8. The second-order valence-electron chi connectivity index (χ2n) is 17.1. The van der Waals surface area contributed by atoms with E-state index >= 15 is 0 Å². The van der Waals surface area contributed by atoms with Gasteiger partial charge < -0.3 is 0 Å². The van der Waals surface area contributed by atoms with Gasteiger partial charge in [0.25, 0.3) is 0 Å². The second-order valence-corrected chi connectivity index (χ2v) is 18.1. The summed E-state index contributed by atoms with van der Waals surface area (Å²) in [6.07, 6.45) is 0. The van der Waals surface area contributed by atoms with Crippen molar-refractivity contribution in [3.05, 3.63) is 259 Å². The first kappa shape index (κ1) is 38.2. The maximum Gasteiger partial charge on any atom is 0.164 e. The molecule has 0 unspecified atom stereocenters. The highest BCUT2D eigenvalue weighted by atomic mass is 32.1. The number of benzene rings is 10. The zero-order chi connectivity index (χ0) is 43.6. The van der Waals surface area contributed by atoms with Crippen LogP contribution in [0.3, 0.4) is 0 Å². The Morgan fingerprint density at radius 1 is 0.303 bits per heavy atom. The summed E-state index contributed by atoms with van der Waals surface area (Å²) in [5, 5.41) is 5.05. The van der Waals surface area contributed by atoms with Crippen LogP contribution in [-0.2, 0) is 5.41 Å². The Morgan fingerprint density at radius 3 is 1.55 bits per heavy atom. The van der Waals surface area contributed by atoms with E-state index in [4.69, 9.17) is 15.0 Å². The van der Waals surface area contributed by atoms with Crippen molar-refractivity contribution in [1.29, 1.82) is 0 Å². The molecule has 2 aromatic heterocycles. The van der Waals surface area contributed by atoms with E-state index in [2.05, 4.69) is 237 Å². The molecule has 10 aromatic carbocycles. The summed E-state index contributed by atoms with van der Waals surface area (Å²) in [6, 6.07) is 85.2. The molecule has 0 aliphatic heterocycles. The number of rotatable bonds is 7. The summed E-state index contributed by atoms with van der Waals surface area (Å²) in [7, 11) is 0. The number of thiophene rings is 1. The van der Waals surface area contributed by atoms with Crippen LogP contribution in [0.4, 0.5) is 0 Å². The number of hydrogen-bond acceptors (Lipinski definition) is 4. The van der Waals surface area contributed by atoms with Crippen molar-refractivity contribution in [2.75, 3.05) is 0 Å². The van der Waals surface area contributed by atoms with Crippen LogP contribution in [-0.4, -0.2) is 15.0 Å². The van der Waals surface area contributed by atoms with Crippen molar-refractivity contribution in [3.8, 4) is 67.5 Å². The molecule has 0 atom stereocenters. The molecule has 2 heterocycles. The molecule has 13 rings (SSSR count). The van der Waals surface area contributed by atoms with Crippen molar-refractivity contribution >= 4 is 42.3 Å². The highest BCUT2D eigenvalue weighted by Crippen LogP contribution is 2.58. The van der Waals surface area contributed by atoms with Gasteiger partial charge in [-0.25, -0.2) is 15.0 Å². The first-order valence-electron chi connectivity index (χ1n) is 22.4. The van der Waals surface area contributed by atoms with E-state index in [1.807, 2.05) is 11.3 Å². The summed E-state index contributed by atoms with van der Waals surface area (Å²) < 4.78 is 2.60. The van der Waals surface area contributed by atoms with E-state index < -0.39 is 5.41 Å². The van der Waals surface area contributed by atoms with Crippen LogP contribution in [0.25, 0.3) is 98.5 Å². The molecule has 0 bridgehead atoms. The predicted octanol–water partition coefficient (Wildman–Crippen LogP) is 16.1. The minimum atomic E-state index is -0.630. The summed E-state index contributed by atoms with van der Waals surface area (Å²) in [4.78, 5) is 16.2. The summed E-state index contributed by atoms with van der Waals surface area (Å²) in [6.45, 7) is 0. The van der Waals surface area contributed by atoms with Crippen molar-refractivity contribution < 1.29 is 0 Å². The molecule has 0 spiro atoms. The predicted molar refractivity (Wildman–Crippen MR) is 275 cm³/mol. The second kappa shape index (κ2) is 15.4. The topological polar surface area (TPSA) is 38.7 Å². The fraction of sp³-hybridized carbons (Fsp3) is 0.0161. The molecule has 0 N–H and O–H groups in total. The lowest BCUT2D eigenvalue weighted by Crippen LogP contribution is -2.29. The molecule has 12 aromatic rings. The first-order valence-corrected chi connectivity index (χ1v) is 23.2. The molecule has 0 amide bonds. The lowest BCUT2D eigenvalue weighted by molar-refractivity contribution is 0.769. The smallest absolute Gasteiger partial charge is 0.164 e. The molecule has 0 saturated carbocycles. The average molecular weight is 858 g/mol. The minimum absolute atomic E-state index is 0.622. The molecule has 0 saturated heterocycles. The quantitative estimate of drug-likeness (QED) is 0.160. The third-order valence-electron chi connectivity index (χ3n) is 13.4. The van der Waals surface area contributed by atoms with Crippen LogP contribution < -0.4 is 0 Å². The van der Waals surface area contributed by atoms with Gasteiger partial charge in [0.15, 0.2) is 17.5 Å². The van der Waals surface area contributed by atoms with Gasteiger partial charge in [0, 0.05) is 36.9 Å². The Kier molecular flexibility index (Phi) is 8.93. The molecule has 308 valence electrons. The molecular weight excluding hydrogens is 819 g/mol. The first-order chi connectivity index (χ1) is 32.7. The third-order valence-corrected chi connectivity index (χ3v) is 14.6. The normalized spacial score (nSPS) is 12.7. The van der Waals surface area contributed by atoms with E-state index in [0.717, 1.165) is 27.8 Å². The Labute approximate surface area is 387 Å². The van der Waals surface area contributed by atoms with Gasteiger partial charge in [0.2, 0.25) is 0 Å². The van der Waals surface area contributed by atoms with Crippen LogP contribution in [0.15, 0.2) is 237 Å². The van der Waals surface area contributed by atoms with Crippen LogP contribution in [0.2, 0.25) is 0 Å². The van der Waals surface area contributed by atoms with Crippen molar-refractivity contribution in [3.63, 3.8) is 0 Å². The maximum absolute atomic E-state index is 5.44. The highest BCUT2D eigenvalue weighted by molar-refractivity contribution is 7.25. The molecule has 0 fully saturated rings. The molecule has 66 heavy (non-hydrogen) atoms.